The summed E-state index contributed by atoms with van der Waals surface area (Å²) in [7, 11) is -5.22. The first-order valence-electron chi connectivity index (χ1n) is 8.74. The van der Waals surface area contributed by atoms with Crippen LogP contribution in [0.25, 0.3) is 0 Å². The van der Waals surface area contributed by atoms with Crippen LogP contribution in [0, 0.1) is 11.3 Å². The first kappa shape index (κ1) is 21.2. The number of alkyl halides is 3. The molecule has 0 radical (unpaired) electrons. The summed E-state index contributed by atoms with van der Waals surface area (Å²) in [5.74, 6) is 0.757. The second kappa shape index (κ2) is 8.30. The Kier molecular flexibility index (Phi) is 6.78. The number of nitrogens with one attached hydrogen (secondary N) is 2. The molecular weight excluding hydrogens is 373 g/mol. The Labute approximate surface area is 152 Å². The van der Waals surface area contributed by atoms with Crippen molar-refractivity contribution in [2.75, 3.05) is 45.9 Å². The van der Waals surface area contributed by atoms with Crippen molar-refractivity contribution in [2.45, 2.75) is 32.2 Å². The predicted molar refractivity (Wildman–Crippen MR) is 92.2 cm³/mol. The van der Waals surface area contributed by atoms with E-state index < -0.39 is 15.5 Å². The number of rotatable bonds is 6. The lowest BCUT2D eigenvalue weighted by Gasteiger charge is -2.36. The fourth-order valence-corrected chi connectivity index (χ4v) is 3.88. The second-order valence-electron chi connectivity index (χ2n) is 7.17. The highest BCUT2D eigenvalue weighted by molar-refractivity contribution is 7.90. The molecule has 0 amide bonds. The molecule has 0 spiro atoms. The quantitative estimate of drug-likeness (QED) is 0.516. The Morgan fingerprint density at radius 1 is 1.27 bits per heavy atom. The molecule has 0 saturated carbocycles. The number of aliphatic imine (C=N–C) groups is 1. The van der Waals surface area contributed by atoms with Gasteiger partial charge in [0.15, 0.2) is 5.96 Å². The molecule has 0 bridgehead atoms. The van der Waals surface area contributed by atoms with Gasteiger partial charge < -0.3 is 15.4 Å². The summed E-state index contributed by atoms with van der Waals surface area (Å²) in [6.45, 7) is 7.05. The lowest BCUT2D eigenvalue weighted by molar-refractivity contribution is -0.0945. The molecule has 152 valence electrons. The number of sulfonamides is 1. The average Bonchev–Trinajstić information content (AvgIpc) is 2.55. The molecule has 2 aliphatic heterocycles. The van der Waals surface area contributed by atoms with Crippen LogP contribution < -0.4 is 10.6 Å². The van der Waals surface area contributed by atoms with E-state index in [0.717, 1.165) is 0 Å². The van der Waals surface area contributed by atoms with Crippen LogP contribution in [0.5, 0.6) is 0 Å². The Bertz CT molecular complexity index is 598. The van der Waals surface area contributed by atoms with Gasteiger partial charge in [0, 0.05) is 31.6 Å². The zero-order valence-corrected chi connectivity index (χ0v) is 15.9. The molecule has 0 aliphatic carbocycles. The molecule has 0 aromatic carbocycles. The molecule has 0 aromatic rings. The van der Waals surface area contributed by atoms with Gasteiger partial charge in [0.05, 0.1) is 19.8 Å². The molecule has 2 aliphatic rings. The van der Waals surface area contributed by atoms with Gasteiger partial charge in [0.25, 0.3) is 0 Å². The number of piperidine rings is 1. The maximum absolute atomic E-state index is 12.6. The van der Waals surface area contributed by atoms with Gasteiger partial charge in [-0.05, 0) is 25.7 Å². The first-order chi connectivity index (χ1) is 12.1. The van der Waals surface area contributed by atoms with Gasteiger partial charge in [-0.3, -0.25) is 4.99 Å². The van der Waals surface area contributed by atoms with Gasteiger partial charge in [0.1, 0.15) is 0 Å². The predicted octanol–water partition coefficient (Wildman–Crippen LogP) is 1.14. The van der Waals surface area contributed by atoms with E-state index in [4.69, 9.17) is 4.74 Å². The van der Waals surface area contributed by atoms with E-state index >= 15 is 0 Å². The third kappa shape index (κ3) is 5.23. The largest absolute Gasteiger partial charge is 0.511 e. The number of ether oxygens (including phenoxy) is 1. The molecule has 2 fully saturated rings. The van der Waals surface area contributed by atoms with Gasteiger partial charge in [-0.25, -0.2) is 8.42 Å². The Hall–Kier alpha value is -1.07. The van der Waals surface area contributed by atoms with Crippen molar-refractivity contribution in [3.63, 3.8) is 0 Å². The summed E-state index contributed by atoms with van der Waals surface area (Å²) < 4.78 is 66.4. The van der Waals surface area contributed by atoms with Crippen molar-refractivity contribution in [2.24, 2.45) is 16.3 Å². The van der Waals surface area contributed by atoms with E-state index in [9.17, 15) is 21.6 Å². The van der Waals surface area contributed by atoms with Crippen LogP contribution in [0.15, 0.2) is 4.99 Å². The van der Waals surface area contributed by atoms with E-state index in [0.29, 0.717) is 56.0 Å². The first-order valence-corrected chi connectivity index (χ1v) is 10.2. The van der Waals surface area contributed by atoms with E-state index in [1.54, 1.807) is 0 Å². The molecule has 26 heavy (non-hydrogen) atoms. The van der Waals surface area contributed by atoms with Crippen LogP contribution in [0.4, 0.5) is 13.2 Å². The Morgan fingerprint density at radius 3 is 2.35 bits per heavy atom. The van der Waals surface area contributed by atoms with Crippen molar-refractivity contribution >= 4 is 16.0 Å². The van der Waals surface area contributed by atoms with Crippen molar-refractivity contribution in [3.8, 4) is 0 Å². The van der Waals surface area contributed by atoms with Gasteiger partial charge in [0.2, 0.25) is 0 Å². The van der Waals surface area contributed by atoms with Gasteiger partial charge in [-0.1, -0.05) is 6.92 Å². The number of hydrogen-bond acceptors (Lipinski definition) is 4. The minimum absolute atomic E-state index is 0.0552. The standard InChI is InChI=1S/C15H27F3N4O3S/c1-3-19-13(21-9-14(2)10-25-11-14)20-8-12-4-6-22(7-5-12)26(23,24)15(16,17)18/h12H,3-11H2,1-2H3,(H2,19,20,21). The van der Waals surface area contributed by atoms with Gasteiger partial charge >= 0.3 is 15.5 Å². The minimum Gasteiger partial charge on any atom is -0.380 e. The number of guanidine groups is 1. The van der Waals surface area contributed by atoms with E-state index in [-0.39, 0.29) is 24.4 Å². The van der Waals surface area contributed by atoms with Gasteiger partial charge in [-0.2, -0.15) is 17.5 Å². The molecule has 7 nitrogen and oxygen atoms in total. The highest BCUT2D eigenvalue weighted by Crippen LogP contribution is 2.30. The van der Waals surface area contributed by atoms with Crippen LogP contribution in [0.2, 0.25) is 0 Å². The number of halogens is 3. The zero-order valence-electron chi connectivity index (χ0n) is 15.1. The summed E-state index contributed by atoms with van der Waals surface area (Å²) >= 11 is 0. The monoisotopic (exact) mass is 400 g/mol. The molecule has 2 N–H and O–H groups in total. The topological polar surface area (TPSA) is 83.0 Å². The zero-order chi connectivity index (χ0) is 19.4. The smallest absolute Gasteiger partial charge is 0.380 e. The Morgan fingerprint density at radius 2 is 1.88 bits per heavy atom. The van der Waals surface area contributed by atoms with Crippen molar-refractivity contribution in [3.05, 3.63) is 0 Å². The summed E-state index contributed by atoms with van der Waals surface area (Å²) in [5.41, 5.74) is -5.18. The van der Waals surface area contributed by atoms with Gasteiger partial charge in [-0.15, -0.1) is 0 Å². The van der Waals surface area contributed by atoms with Crippen molar-refractivity contribution in [1.82, 2.24) is 14.9 Å². The van der Waals surface area contributed by atoms with E-state index in [2.05, 4.69) is 22.5 Å². The third-order valence-corrected chi connectivity index (χ3v) is 6.26. The van der Waals surface area contributed by atoms with Crippen LogP contribution in [-0.2, 0) is 14.8 Å². The molecule has 2 heterocycles. The molecular formula is C15H27F3N4O3S. The fourth-order valence-electron chi connectivity index (χ4n) is 2.89. The minimum atomic E-state index is -5.23. The van der Waals surface area contributed by atoms with Crippen LogP contribution >= 0.6 is 0 Å². The van der Waals surface area contributed by atoms with E-state index in [1.165, 1.54) is 0 Å². The lowest BCUT2D eigenvalue weighted by Crippen LogP contribution is -2.48. The highest BCUT2D eigenvalue weighted by atomic mass is 32.2. The summed E-state index contributed by atoms with van der Waals surface area (Å²) in [4.78, 5) is 4.54. The van der Waals surface area contributed by atoms with Crippen LogP contribution in [-0.4, -0.2) is 70.1 Å². The van der Waals surface area contributed by atoms with Crippen molar-refractivity contribution < 1.29 is 26.3 Å². The molecule has 2 saturated heterocycles. The third-order valence-electron chi connectivity index (χ3n) is 4.63. The molecule has 11 heteroatoms. The average molecular weight is 400 g/mol. The maximum Gasteiger partial charge on any atom is 0.511 e. The normalized spacial score (nSPS) is 22.7. The van der Waals surface area contributed by atoms with Crippen LogP contribution in [0.3, 0.4) is 0 Å². The fraction of sp³-hybridized carbons (Fsp3) is 0.933. The molecule has 0 aromatic heterocycles. The lowest BCUT2D eigenvalue weighted by atomic mass is 9.89. The van der Waals surface area contributed by atoms with E-state index in [1.807, 2.05) is 6.92 Å². The van der Waals surface area contributed by atoms with Crippen molar-refractivity contribution in [1.29, 1.82) is 0 Å². The molecule has 2 rings (SSSR count). The molecule has 0 atom stereocenters. The molecule has 0 unspecified atom stereocenters. The summed E-state index contributed by atoms with van der Waals surface area (Å²) in [6, 6.07) is 0. The Balaban J connectivity index is 1.81. The maximum atomic E-state index is 12.6. The SMILES string of the molecule is CCNC(=NCC1(C)COC1)NCC1CCN(S(=O)(=O)C(F)(F)F)CC1. The number of hydrogen-bond donors (Lipinski definition) is 2. The van der Waals surface area contributed by atoms with Crippen LogP contribution in [0.1, 0.15) is 26.7 Å². The second-order valence-corrected chi connectivity index (χ2v) is 9.10. The highest BCUT2D eigenvalue weighted by Gasteiger charge is 2.50. The summed E-state index contributed by atoms with van der Waals surface area (Å²) in [5, 5.41) is 6.34. The summed E-state index contributed by atoms with van der Waals surface area (Å²) in [6.07, 6.45) is 0.764. The number of nitrogens with zero attached hydrogens (tertiary/aromatic N) is 2.